The van der Waals surface area contributed by atoms with Gasteiger partial charge in [0.2, 0.25) is 0 Å². The quantitative estimate of drug-likeness (QED) is 0.388. The summed E-state index contributed by atoms with van der Waals surface area (Å²) in [4.78, 5) is 9.11. The van der Waals surface area contributed by atoms with Gasteiger partial charge in [0.25, 0.3) is 0 Å². The number of halogens is 1. The minimum atomic E-state index is 0.679. The van der Waals surface area contributed by atoms with Crippen LogP contribution in [0.15, 0.2) is 79.3 Å². The standard InChI is InChI=1S/C23H16ClN3O/c1-28-17-9-6-15(7-10-17)16-8-11-20-18(12-16)23-21(13-25-20)26-14-27(23)22-5-3-2-4-19(22)24/h2-14H,1H3. The van der Waals surface area contributed by atoms with Crippen molar-refractivity contribution >= 4 is 33.5 Å². The molecule has 0 saturated carbocycles. The zero-order valence-electron chi connectivity index (χ0n) is 15.1. The van der Waals surface area contributed by atoms with Gasteiger partial charge in [-0.1, -0.05) is 41.9 Å². The van der Waals surface area contributed by atoms with E-state index < -0.39 is 0 Å². The van der Waals surface area contributed by atoms with Gasteiger partial charge in [0, 0.05) is 5.39 Å². The monoisotopic (exact) mass is 385 g/mol. The van der Waals surface area contributed by atoms with Gasteiger partial charge >= 0.3 is 0 Å². The van der Waals surface area contributed by atoms with E-state index in [1.807, 2.05) is 47.0 Å². The fourth-order valence-corrected chi connectivity index (χ4v) is 3.71. The summed E-state index contributed by atoms with van der Waals surface area (Å²) in [6, 6.07) is 22.1. The van der Waals surface area contributed by atoms with Crippen molar-refractivity contribution in [3.63, 3.8) is 0 Å². The number of fused-ring (bicyclic) bond motifs is 3. The number of para-hydroxylation sites is 1. The average Bonchev–Trinajstić information content (AvgIpc) is 3.18. The lowest BCUT2D eigenvalue weighted by atomic mass is 10.0. The summed E-state index contributed by atoms with van der Waals surface area (Å²) >= 11 is 6.45. The van der Waals surface area contributed by atoms with E-state index in [9.17, 15) is 0 Å². The highest BCUT2D eigenvalue weighted by Crippen LogP contribution is 2.32. The molecule has 4 nitrogen and oxygen atoms in total. The SMILES string of the molecule is COc1ccc(-c2ccc3ncc4ncn(-c5ccccc5Cl)c4c3c2)cc1. The molecule has 0 amide bonds. The molecular formula is C23H16ClN3O. The van der Waals surface area contributed by atoms with Gasteiger partial charge in [-0.15, -0.1) is 0 Å². The molecule has 5 aromatic rings. The van der Waals surface area contributed by atoms with Gasteiger partial charge in [-0.05, 0) is 47.5 Å². The van der Waals surface area contributed by atoms with E-state index in [-0.39, 0.29) is 0 Å². The van der Waals surface area contributed by atoms with E-state index in [2.05, 4.69) is 34.2 Å². The van der Waals surface area contributed by atoms with Gasteiger partial charge in [0.1, 0.15) is 17.6 Å². The summed E-state index contributed by atoms with van der Waals surface area (Å²) in [5.74, 6) is 0.838. The van der Waals surface area contributed by atoms with Crippen LogP contribution in [0.1, 0.15) is 0 Å². The Bertz CT molecular complexity index is 1310. The largest absolute Gasteiger partial charge is 0.497 e. The fraction of sp³-hybridized carbons (Fsp3) is 0.0435. The Morgan fingerprint density at radius 3 is 2.43 bits per heavy atom. The third-order valence-electron chi connectivity index (χ3n) is 4.91. The topological polar surface area (TPSA) is 39.9 Å². The minimum Gasteiger partial charge on any atom is -0.497 e. The minimum absolute atomic E-state index is 0.679. The van der Waals surface area contributed by atoms with Crippen LogP contribution in [-0.4, -0.2) is 21.6 Å². The number of hydrogen-bond donors (Lipinski definition) is 0. The second-order valence-electron chi connectivity index (χ2n) is 6.52. The van der Waals surface area contributed by atoms with Crippen LogP contribution in [-0.2, 0) is 0 Å². The molecule has 0 atom stereocenters. The Morgan fingerprint density at radius 1 is 0.857 bits per heavy atom. The highest BCUT2D eigenvalue weighted by molar-refractivity contribution is 6.32. The molecule has 2 heterocycles. The van der Waals surface area contributed by atoms with E-state index in [0.717, 1.165) is 44.5 Å². The second kappa shape index (κ2) is 6.66. The molecule has 0 spiro atoms. The first kappa shape index (κ1) is 16.8. The van der Waals surface area contributed by atoms with Crippen LogP contribution in [0.2, 0.25) is 5.02 Å². The third-order valence-corrected chi connectivity index (χ3v) is 5.23. The Hall–Kier alpha value is -3.37. The van der Waals surface area contributed by atoms with E-state index in [4.69, 9.17) is 16.3 Å². The van der Waals surface area contributed by atoms with Crippen molar-refractivity contribution in [3.8, 4) is 22.6 Å². The first-order valence-corrected chi connectivity index (χ1v) is 9.27. The number of benzene rings is 3. The van der Waals surface area contributed by atoms with Gasteiger partial charge < -0.3 is 4.74 Å². The zero-order chi connectivity index (χ0) is 19.1. The Balaban J connectivity index is 1.76. The molecule has 0 aliphatic rings. The van der Waals surface area contributed by atoms with Crippen LogP contribution in [0, 0.1) is 0 Å². The Morgan fingerprint density at radius 2 is 1.64 bits per heavy atom. The highest BCUT2D eigenvalue weighted by Gasteiger charge is 2.12. The molecule has 5 heteroatoms. The molecule has 28 heavy (non-hydrogen) atoms. The maximum absolute atomic E-state index is 6.45. The normalized spacial score (nSPS) is 11.2. The summed E-state index contributed by atoms with van der Waals surface area (Å²) in [7, 11) is 1.67. The van der Waals surface area contributed by atoms with Crippen molar-refractivity contribution in [2.24, 2.45) is 0 Å². The molecule has 0 aliphatic heterocycles. The van der Waals surface area contributed by atoms with Gasteiger partial charge in [0.05, 0.1) is 35.1 Å². The van der Waals surface area contributed by atoms with Gasteiger partial charge in [-0.2, -0.15) is 0 Å². The van der Waals surface area contributed by atoms with Gasteiger partial charge in [-0.3, -0.25) is 9.55 Å². The summed E-state index contributed by atoms with van der Waals surface area (Å²) in [6.07, 6.45) is 3.60. The molecular weight excluding hydrogens is 370 g/mol. The van der Waals surface area contributed by atoms with E-state index in [1.165, 1.54) is 0 Å². The molecule has 0 N–H and O–H groups in total. The molecule has 0 aliphatic carbocycles. The number of nitrogens with zero attached hydrogens (tertiary/aromatic N) is 3. The Labute approximate surface area is 167 Å². The van der Waals surface area contributed by atoms with Crippen LogP contribution < -0.4 is 4.74 Å². The van der Waals surface area contributed by atoms with Crippen LogP contribution in [0.4, 0.5) is 0 Å². The molecule has 0 radical (unpaired) electrons. The smallest absolute Gasteiger partial charge is 0.118 e. The van der Waals surface area contributed by atoms with Crippen LogP contribution in [0.5, 0.6) is 5.75 Å². The van der Waals surface area contributed by atoms with E-state index >= 15 is 0 Å². The van der Waals surface area contributed by atoms with Crippen molar-refractivity contribution in [2.75, 3.05) is 7.11 Å². The first-order valence-electron chi connectivity index (χ1n) is 8.90. The fourth-order valence-electron chi connectivity index (χ4n) is 3.49. The third kappa shape index (κ3) is 2.70. The molecule has 0 saturated heterocycles. The predicted molar refractivity (Wildman–Crippen MR) is 113 cm³/mol. The van der Waals surface area contributed by atoms with Crippen molar-refractivity contribution < 1.29 is 4.74 Å². The first-order chi connectivity index (χ1) is 13.7. The second-order valence-corrected chi connectivity index (χ2v) is 6.93. The van der Waals surface area contributed by atoms with E-state index in [1.54, 1.807) is 19.6 Å². The summed E-state index contributed by atoms with van der Waals surface area (Å²) in [5.41, 5.74) is 5.86. The van der Waals surface area contributed by atoms with Crippen LogP contribution in [0.25, 0.3) is 38.8 Å². The van der Waals surface area contributed by atoms with Crippen molar-refractivity contribution in [1.29, 1.82) is 0 Å². The molecule has 0 bridgehead atoms. The maximum Gasteiger partial charge on any atom is 0.118 e. The lowest BCUT2D eigenvalue weighted by Gasteiger charge is -2.10. The summed E-state index contributed by atoms with van der Waals surface area (Å²) < 4.78 is 7.29. The molecule has 2 aromatic heterocycles. The highest BCUT2D eigenvalue weighted by atomic mass is 35.5. The van der Waals surface area contributed by atoms with E-state index in [0.29, 0.717) is 5.02 Å². The lowest BCUT2D eigenvalue weighted by Crippen LogP contribution is -1.94. The van der Waals surface area contributed by atoms with Gasteiger partial charge in [-0.25, -0.2) is 4.98 Å². The average molecular weight is 386 g/mol. The number of pyridine rings is 1. The van der Waals surface area contributed by atoms with Crippen molar-refractivity contribution in [2.45, 2.75) is 0 Å². The van der Waals surface area contributed by atoms with Crippen molar-refractivity contribution in [1.82, 2.24) is 14.5 Å². The number of imidazole rings is 1. The predicted octanol–water partition coefficient (Wildman–Crippen LogP) is 5.90. The number of methoxy groups -OCH3 is 1. The number of hydrogen-bond acceptors (Lipinski definition) is 3. The lowest BCUT2D eigenvalue weighted by molar-refractivity contribution is 0.415. The molecule has 5 rings (SSSR count). The Kier molecular flexibility index (Phi) is 3.99. The van der Waals surface area contributed by atoms with Crippen molar-refractivity contribution in [3.05, 3.63) is 84.3 Å². The number of rotatable bonds is 3. The number of aromatic nitrogens is 3. The summed E-state index contributed by atoms with van der Waals surface area (Å²) in [6.45, 7) is 0. The van der Waals surface area contributed by atoms with Crippen LogP contribution >= 0.6 is 11.6 Å². The molecule has 0 fully saturated rings. The zero-order valence-corrected chi connectivity index (χ0v) is 15.9. The molecule has 3 aromatic carbocycles. The summed E-state index contributed by atoms with van der Waals surface area (Å²) in [5, 5.41) is 1.71. The maximum atomic E-state index is 6.45. The van der Waals surface area contributed by atoms with Gasteiger partial charge in [0.15, 0.2) is 0 Å². The molecule has 0 unspecified atom stereocenters. The van der Waals surface area contributed by atoms with Crippen LogP contribution in [0.3, 0.4) is 0 Å². The molecule has 136 valence electrons. The number of ether oxygens (including phenoxy) is 1.